The van der Waals surface area contributed by atoms with Crippen molar-refractivity contribution in [2.75, 3.05) is 55.5 Å². The molecule has 0 saturated heterocycles. The van der Waals surface area contributed by atoms with Crippen molar-refractivity contribution in [2.45, 2.75) is 0 Å². The monoisotopic (exact) mass is 530 g/mol. The summed E-state index contributed by atoms with van der Waals surface area (Å²) in [4.78, 5) is 29.2. The van der Waals surface area contributed by atoms with Crippen LogP contribution in [0.1, 0.15) is 10.4 Å². The maximum absolute atomic E-state index is 11.9. The summed E-state index contributed by atoms with van der Waals surface area (Å²) >= 11 is 0. The van der Waals surface area contributed by atoms with Crippen LogP contribution in [-0.2, 0) is 9.47 Å². The van der Waals surface area contributed by atoms with Crippen molar-refractivity contribution in [3.63, 3.8) is 0 Å². The first-order valence-electron chi connectivity index (χ1n) is 12.4. The van der Waals surface area contributed by atoms with Crippen LogP contribution in [0.15, 0.2) is 79.1 Å². The molecule has 4 aromatic rings. The van der Waals surface area contributed by atoms with E-state index in [-0.39, 0.29) is 11.7 Å². The second kappa shape index (κ2) is 14.8. The zero-order valence-electron chi connectivity index (χ0n) is 21.2. The molecule has 0 unspecified atom stereocenters. The minimum absolute atomic E-state index is 0.169. The number of nitrogens with zero attached hydrogens (tertiary/aromatic N) is 4. The number of anilines is 5. The molecule has 202 valence electrons. The SMILES string of the molecule is O=C(NCCOCCOCCNc1nc(Nc2ccccc2)nc(Nc2ccc(O)cc2)n1)c1cccnc1. The van der Waals surface area contributed by atoms with Gasteiger partial charge in [-0.15, -0.1) is 0 Å². The van der Waals surface area contributed by atoms with Gasteiger partial charge < -0.3 is 35.8 Å². The third-order valence-corrected chi connectivity index (χ3v) is 5.15. The van der Waals surface area contributed by atoms with E-state index in [1.807, 2.05) is 30.3 Å². The lowest BCUT2D eigenvalue weighted by Gasteiger charge is -2.12. The average molecular weight is 531 g/mol. The largest absolute Gasteiger partial charge is 0.508 e. The van der Waals surface area contributed by atoms with E-state index in [1.165, 1.54) is 6.20 Å². The fraction of sp³-hybridized carbons (Fsp3) is 0.222. The van der Waals surface area contributed by atoms with E-state index in [0.29, 0.717) is 62.9 Å². The Morgan fingerprint density at radius 2 is 1.36 bits per heavy atom. The molecule has 2 aromatic heterocycles. The van der Waals surface area contributed by atoms with Crippen LogP contribution in [0, 0.1) is 0 Å². The zero-order chi connectivity index (χ0) is 27.1. The van der Waals surface area contributed by atoms with Gasteiger partial charge in [-0.3, -0.25) is 9.78 Å². The number of para-hydroxylation sites is 1. The van der Waals surface area contributed by atoms with E-state index in [0.717, 1.165) is 11.4 Å². The predicted octanol–water partition coefficient (Wildman–Crippen LogP) is 3.33. The molecule has 0 spiro atoms. The predicted molar refractivity (Wildman–Crippen MR) is 148 cm³/mol. The van der Waals surface area contributed by atoms with Crippen molar-refractivity contribution >= 4 is 35.1 Å². The molecular formula is C27H30N8O4. The fourth-order valence-electron chi connectivity index (χ4n) is 3.28. The average Bonchev–Trinajstić information content (AvgIpc) is 2.96. The number of nitrogens with one attached hydrogen (secondary N) is 4. The van der Waals surface area contributed by atoms with Gasteiger partial charge in [0.1, 0.15) is 5.75 Å². The number of amides is 1. The summed E-state index contributed by atoms with van der Waals surface area (Å²) in [6.07, 6.45) is 3.14. The second-order valence-electron chi connectivity index (χ2n) is 8.12. The van der Waals surface area contributed by atoms with E-state index >= 15 is 0 Å². The minimum Gasteiger partial charge on any atom is -0.508 e. The number of aromatic nitrogens is 4. The summed E-state index contributed by atoms with van der Waals surface area (Å²) in [7, 11) is 0. The van der Waals surface area contributed by atoms with Gasteiger partial charge in [0.25, 0.3) is 5.91 Å². The van der Waals surface area contributed by atoms with Gasteiger partial charge in [-0.05, 0) is 48.5 Å². The summed E-state index contributed by atoms with van der Waals surface area (Å²) in [6, 6.07) is 19.6. The number of phenols is 1. The lowest BCUT2D eigenvalue weighted by atomic mass is 10.3. The first kappa shape index (κ1) is 27.2. The number of hydrogen-bond donors (Lipinski definition) is 5. The van der Waals surface area contributed by atoms with Crippen LogP contribution in [0.5, 0.6) is 5.75 Å². The van der Waals surface area contributed by atoms with Crippen molar-refractivity contribution in [2.24, 2.45) is 0 Å². The minimum atomic E-state index is -0.184. The third-order valence-electron chi connectivity index (χ3n) is 5.15. The Bertz CT molecular complexity index is 1290. The number of hydrogen-bond acceptors (Lipinski definition) is 11. The highest BCUT2D eigenvalue weighted by molar-refractivity contribution is 5.93. The van der Waals surface area contributed by atoms with Gasteiger partial charge in [0.05, 0.1) is 32.0 Å². The first-order chi connectivity index (χ1) is 19.2. The van der Waals surface area contributed by atoms with Gasteiger partial charge in [-0.1, -0.05) is 18.2 Å². The Morgan fingerprint density at radius 3 is 2.03 bits per heavy atom. The molecule has 12 nitrogen and oxygen atoms in total. The molecule has 1 amide bonds. The quantitative estimate of drug-likeness (QED) is 0.113. The van der Waals surface area contributed by atoms with Crippen LogP contribution < -0.4 is 21.3 Å². The number of pyridine rings is 1. The third kappa shape index (κ3) is 9.54. The summed E-state index contributed by atoms with van der Waals surface area (Å²) in [5, 5.41) is 21.7. The maximum atomic E-state index is 11.9. The lowest BCUT2D eigenvalue weighted by molar-refractivity contribution is 0.0519. The number of ether oxygens (including phenoxy) is 2. The topological polar surface area (TPSA) is 155 Å². The molecule has 0 aliphatic carbocycles. The van der Waals surface area contributed by atoms with Crippen molar-refractivity contribution in [3.05, 3.63) is 84.7 Å². The van der Waals surface area contributed by atoms with E-state index in [9.17, 15) is 9.90 Å². The number of aromatic hydroxyl groups is 1. The molecule has 0 aliphatic heterocycles. The highest BCUT2D eigenvalue weighted by atomic mass is 16.5. The van der Waals surface area contributed by atoms with Crippen molar-refractivity contribution in [1.29, 1.82) is 0 Å². The molecule has 0 bridgehead atoms. The number of carbonyl (C=O) groups is 1. The van der Waals surface area contributed by atoms with E-state index in [1.54, 1.807) is 42.6 Å². The standard InChI is InChI=1S/C27H30N8O4/c36-23-10-8-22(9-11-23)32-27-34-25(33-26(35-27)31-21-6-2-1-3-7-21)30-14-16-39-18-17-38-15-13-29-24(37)20-5-4-12-28-19-20/h1-12,19,36H,13-18H2,(H,29,37)(H3,30,31,32,33,34,35). The molecule has 0 atom stereocenters. The highest BCUT2D eigenvalue weighted by Crippen LogP contribution is 2.20. The molecular weight excluding hydrogens is 500 g/mol. The molecule has 0 aliphatic rings. The van der Waals surface area contributed by atoms with Crippen LogP contribution in [0.25, 0.3) is 0 Å². The van der Waals surface area contributed by atoms with Gasteiger partial charge in [0.2, 0.25) is 17.8 Å². The van der Waals surface area contributed by atoms with Crippen LogP contribution in [0.3, 0.4) is 0 Å². The zero-order valence-corrected chi connectivity index (χ0v) is 21.2. The summed E-state index contributed by atoms with van der Waals surface area (Å²) in [5.74, 6) is 1.05. The molecule has 0 saturated carbocycles. The first-order valence-corrected chi connectivity index (χ1v) is 12.4. The van der Waals surface area contributed by atoms with Gasteiger partial charge in [0.15, 0.2) is 0 Å². The Morgan fingerprint density at radius 1 is 0.718 bits per heavy atom. The lowest BCUT2D eigenvalue weighted by Crippen LogP contribution is -2.27. The molecule has 0 radical (unpaired) electrons. The van der Waals surface area contributed by atoms with Gasteiger partial charge in [0, 0.05) is 36.9 Å². The maximum Gasteiger partial charge on any atom is 0.252 e. The molecule has 39 heavy (non-hydrogen) atoms. The Balaban J connectivity index is 1.18. The van der Waals surface area contributed by atoms with Crippen molar-refractivity contribution < 1.29 is 19.4 Å². The number of carbonyl (C=O) groups excluding carboxylic acids is 1. The number of phenolic OH excluding ortho intramolecular Hbond substituents is 1. The number of benzene rings is 2. The fourth-order valence-corrected chi connectivity index (χ4v) is 3.28. The van der Waals surface area contributed by atoms with Gasteiger partial charge in [-0.2, -0.15) is 15.0 Å². The van der Waals surface area contributed by atoms with E-state index in [2.05, 4.69) is 41.2 Å². The summed E-state index contributed by atoms with van der Waals surface area (Å²) < 4.78 is 11.1. The van der Waals surface area contributed by atoms with E-state index < -0.39 is 0 Å². The second-order valence-corrected chi connectivity index (χ2v) is 8.12. The van der Waals surface area contributed by atoms with Crippen LogP contribution in [0.2, 0.25) is 0 Å². The molecule has 0 fully saturated rings. The van der Waals surface area contributed by atoms with Gasteiger partial charge in [-0.25, -0.2) is 0 Å². The molecule has 5 N–H and O–H groups in total. The highest BCUT2D eigenvalue weighted by Gasteiger charge is 2.08. The van der Waals surface area contributed by atoms with Crippen LogP contribution in [0.4, 0.5) is 29.2 Å². The molecule has 2 aromatic carbocycles. The molecule has 12 heteroatoms. The van der Waals surface area contributed by atoms with Crippen LogP contribution >= 0.6 is 0 Å². The molecule has 4 rings (SSSR count). The smallest absolute Gasteiger partial charge is 0.252 e. The Kier molecular flexibility index (Phi) is 10.3. The van der Waals surface area contributed by atoms with Crippen molar-refractivity contribution in [3.8, 4) is 5.75 Å². The number of rotatable bonds is 15. The Labute approximate surface area is 225 Å². The molecule has 2 heterocycles. The van der Waals surface area contributed by atoms with Gasteiger partial charge >= 0.3 is 0 Å². The Hall–Kier alpha value is -4.81. The van der Waals surface area contributed by atoms with Crippen LogP contribution in [-0.4, -0.2) is 70.5 Å². The van der Waals surface area contributed by atoms with E-state index in [4.69, 9.17) is 9.47 Å². The summed E-state index contributed by atoms with van der Waals surface area (Å²) in [6.45, 7) is 2.47. The van der Waals surface area contributed by atoms with Crippen molar-refractivity contribution in [1.82, 2.24) is 25.3 Å². The normalized spacial score (nSPS) is 10.6. The summed E-state index contributed by atoms with van der Waals surface area (Å²) in [5.41, 5.74) is 2.07.